The van der Waals surface area contributed by atoms with Gasteiger partial charge in [0.25, 0.3) is 0 Å². The zero-order valence-corrected chi connectivity index (χ0v) is 15.4. The lowest BCUT2D eigenvalue weighted by atomic mass is 10.1. The van der Waals surface area contributed by atoms with Crippen LogP contribution in [0.5, 0.6) is 0 Å². The van der Waals surface area contributed by atoms with E-state index in [-0.39, 0.29) is 5.91 Å². The molecular formula is C19H17N5O2S. The number of hydrogen-bond acceptors (Lipinski definition) is 6. The van der Waals surface area contributed by atoms with E-state index in [0.717, 1.165) is 28.1 Å². The van der Waals surface area contributed by atoms with Gasteiger partial charge in [-0.15, -0.1) is 11.8 Å². The molecule has 2 aromatic heterocycles. The number of fused-ring (bicyclic) bond motifs is 1. The van der Waals surface area contributed by atoms with Gasteiger partial charge in [0.2, 0.25) is 11.8 Å². The first-order valence-corrected chi connectivity index (χ1v) is 9.55. The third-order valence-electron chi connectivity index (χ3n) is 3.88. The van der Waals surface area contributed by atoms with E-state index in [4.69, 9.17) is 4.52 Å². The molecule has 0 atom stereocenters. The Morgan fingerprint density at radius 3 is 2.78 bits per heavy atom. The third kappa shape index (κ3) is 4.01. The van der Waals surface area contributed by atoms with Crippen LogP contribution in [0, 0.1) is 6.92 Å². The summed E-state index contributed by atoms with van der Waals surface area (Å²) in [5.74, 6) is 2.56. The number of aryl methyl sites for hydroxylation is 1. The highest BCUT2D eigenvalue weighted by molar-refractivity contribution is 7.99. The normalized spacial score (nSPS) is 11.0. The number of nitrogens with one attached hydrogen (secondary N) is 2. The molecule has 1 amide bonds. The molecule has 0 saturated carbocycles. The van der Waals surface area contributed by atoms with Crippen molar-refractivity contribution >= 4 is 34.4 Å². The van der Waals surface area contributed by atoms with Crippen LogP contribution >= 0.6 is 11.8 Å². The molecular weight excluding hydrogens is 362 g/mol. The number of hydrogen-bond donors (Lipinski definition) is 2. The number of carbonyl (C=O) groups is 1. The fraction of sp³-hybridized carbons (Fsp3) is 0.158. The summed E-state index contributed by atoms with van der Waals surface area (Å²) in [6.07, 6.45) is 0. The van der Waals surface area contributed by atoms with E-state index in [0.29, 0.717) is 23.2 Å². The summed E-state index contributed by atoms with van der Waals surface area (Å²) in [7, 11) is 0. The predicted molar refractivity (Wildman–Crippen MR) is 105 cm³/mol. The van der Waals surface area contributed by atoms with Crippen molar-refractivity contribution in [2.45, 2.75) is 12.7 Å². The molecule has 0 fully saturated rings. The van der Waals surface area contributed by atoms with E-state index >= 15 is 0 Å². The Labute approximate surface area is 159 Å². The van der Waals surface area contributed by atoms with Crippen LogP contribution in [0.3, 0.4) is 0 Å². The maximum Gasteiger partial charge on any atom is 0.234 e. The number of rotatable bonds is 6. The topological polar surface area (TPSA) is 96.7 Å². The number of nitrogens with zero attached hydrogens (tertiary/aromatic N) is 3. The molecule has 7 nitrogen and oxygen atoms in total. The van der Waals surface area contributed by atoms with E-state index in [2.05, 4.69) is 25.4 Å². The van der Waals surface area contributed by atoms with Gasteiger partial charge in [-0.1, -0.05) is 29.4 Å². The van der Waals surface area contributed by atoms with Crippen LogP contribution in [0.1, 0.15) is 11.7 Å². The number of imidazole rings is 1. The Bertz CT molecular complexity index is 1060. The van der Waals surface area contributed by atoms with Crippen molar-refractivity contribution in [3.63, 3.8) is 0 Å². The molecule has 0 aliphatic heterocycles. The van der Waals surface area contributed by atoms with Gasteiger partial charge in [0.15, 0.2) is 5.82 Å². The largest absolute Gasteiger partial charge is 0.340 e. The lowest BCUT2D eigenvalue weighted by Gasteiger charge is -2.09. The number of aromatic amines is 1. The second kappa shape index (κ2) is 7.63. The van der Waals surface area contributed by atoms with Gasteiger partial charge >= 0.3 is 0 Å². The first-order valence-electron chi connectivity index (χ1n) is 8.40. The van der Waals surface area contributed by atoms with Crippen LogP contribution in [-0.4, -0.2) is 31.8 Å². The van der Waals surface area contributed by atoms with Crippen molar-refractivity contribution in [2.24, 2.45) is 0 Å². The fourth-order valence-corrected chi connectivity index (χ4v) is 3.36. The average molecular weight is 379 g/mol. The summed E-state index contributed by atoms with van der Waals surface area (Å²) in [6, 6.07) is 15.4. The minimum Gasteiger partial charge on any atom is -0.340 e. The summed E-state index contributed by atoms with van der Waals surface area (Å²) < 4.78 is 4.92. The van der Waals surface area contributed by atoms with Crippen molar-refractivity contribution in [1.29, 1.82) is 0 Å². The van der Waals surface area contributed by atoms with Gasteiger partial charge in [0.1, 0.15) is 5.82 Å². The third-order valence-corrected chi connectivity index (χ3v) is 4.81. The first-order chi connectivity index (χ1) is 13.2. The number of H-pyrrole nitrogens is 1. The van der Waals surface area contributed by atoms with E-state index in [1.807, 2.05) is 48.5 Å². The Morgan fingerprint density at radius 1 is 1.15 bits per heavy atom. The molecule has 2 heterocycles. The molecule has 136 valence electrons. The minimum atomic E-state index is -0.0937. The monoisotopic (exact) mass is 379 g/mol. The highest BCUT2D eigenvalue weighted by Crippen LogP contribution is 2.27. The predicted octanol–water partition coefficient (Wildman–Crippen LogP) is 3.79. The van der Waals surface area contributed by atoms with E-state index in [9.17, 15) is 4.79 Å². The van der Waals surface area contributed by atoms with Gasteiger partial charge in [-0.05, 0) is 24.3 Å². The molecule has 0 unspecified atom stereocenters. The Balaban J connectivity index is 1.45. The van der Waals surface area contributed by atoms with Crippen molar-refractivity contribution in [3.05, 3.63) is 60.2 Å². The molecule has 0 aliphatic carbocycles. The zero-order chi connectivity index (χ0) is 18.6. The summed E-state index contributed by atoms with van der Waals surface area (Å²) in [6.45, 7) is 1.74. The first kappa shape index (κ1) is 17.3. The van der Waals surface area contributed by atoms with Crippen LogP contribution in [0.25, 0.3) is 22.4 Å². The van der Waals surface area contributed by atoms with Crippen molar-refractivity contribution in [3.8, 4) is 11.4 Å². The zero-order valence-electron chi connectivity index (χ0n) is 14.6. The van der Waals surface area contributed by atoms with Gasteiger partial charge in [-0.3, -0.25) is 4.79 Å². The van der Waals surface area contributed by atoms with Gasteiger partial charge in [-0.2, -0.15) is 4.98 Å². The lowest BCUT2D eigenvalue weighted by molar-refractivity contribution is -0.113. The molecule has 2 aromatic carbocycles. The van der Waals surface area contributed by atoms with Gasteiger partial charge < -0.3 is 14.8 Å². The molecule has 27 heavy (non-hydrogen) atoms. The Hall–Kier alpha value is -3.13. The van der Waals surface area contributed by atoms with E-state index in [1.165, 1.54) is 11.8 Å². The molecule has 4 rings (SSSR count). The standard InChI is InChI=1S/C19H17N5O2S/c1-12-20-17(24-26-12)10-27-11-18(25)21-14-7-3-2-6-13(14)19-22-15-8-4-5-9-16(15)23-19/h2-9H,10-11H2,1H3,(H,21,25)(H,22,23). The number of benzene rings is 2. The van der Waals surface area contributed by atoms with E-state index < -0.39 is 0 Å². The molecule has 0 aliphatic rings. The molecule has 0 bridgehead atoms. The van der Waals surface area contributed by atoms with Crippen LogP contribution in [0.4, 0.5) is 5.69 Å². The molecule has 2 N–H and O–H groups in total. The summed E-state index contributed by atoms with van der Waals surface area (Å²) >= 11 is 1.43. The number of amides is 1. The van der Waals surface area contributed by atoms with Gasteiger partial charge in [0.05, 0.1) is 28.2 Å². The lowest BCUT2D eigenvalue weighted by Crippen LogP contribution is -2.15. The minimum absolute atomic E-state index is 0.0937. The molecule has 0 spiro atoms. The highest BCUT2D eigenvalue weighted by atomic mass is 32.2. The number of aromatic nitrogens is 4. The summed E-state index contributed by atoms with van der Waals surface area (Å²) in [5.41, 5.74) is 3.41. The van der Waals surface area contributed by atoms with Crippen LogP contribution in [0.15, 0.2) is 53.1 Å². The molecule has 0 saturated heterocycles. The van der Waals surface area contributed by atoms with Crippen LogP contribution in [-0.2, 0) is 10.5 Å². The van der Waals surface area contributed by atoms with Gasteiger partial charge in [-0.25, -0.2) is 4.98 Å². The second-order valence-corrected chi connectivity index (χ2v) is 6.90. The highest BCUT2D eigenvalue weighted by Gasteiger charge is 2.12. The number of anilines is 1. The average Bonchev–Trinajstić information content (AvgIpc) is 3.28. The quantitative estimate of drug-likeness (QED) is 0.529. The van der Waals surface area contributed by atoms with Crippen molar-refractivity contribution in [1.82, 2.24) is 20.1 Å². The van der Waals surface area contributed by atoms with Crippen LogP contribution in [0.2, 0.25) is 0 Å². The van der Waals surface area contributed by atoms with Crippen molar-refractivity contribution < 1.29 is 9.32 Å². The maximum absolute atomic E-state index is 12.3. The Kier molecular flexibility index (Phi) is 4.88. The number of carbonyl (C=O) groups excluding carboxylic acids is 1. The molecule has 0 radical (unpaired) electrons. The van der Waals surface area contributed by atoms with E-state index in [1.54, 1.807) is 6.92 Å². The van der Waals surface area contributed by atoms with Crippen LogP contribution < -0.4 is 5.32 Å². The summed E-state index contributed by atoms with van der Waals surface area (Å²) in [4.78, 5) is 24.4. The molecule has 8 heteroatoms. The number of para-hydroxylation sites is 3. The number of thioether (sulfide) groups is 1. The second-order valence-electron chi connectivity index (χ2n) is 5.92. The van der Waals surface area contributed by atoms with Crippen molar-refractivity contribution in [2.75, 3.05) is 11.1 Å². The molecule has 4 aromatic rings. The maximum atomic E-state index is 12.3. The SMILES string of the molecule is Cc1nc(CSCC(=O)Nc2ccccc2-c2nc3ccccc3[nH]2)no1. The van der Waals surface area contributed by atoms with Gasteiger partial charge in [0, 0.05) is 12.5 Å². The summed E-state index contributed by atoms with van der Waals surface area (Å²) in [5, 5.41) is 6.78. The fourth-order valence-electron chi connectivity index (χ4n) is 2.70. The smallest absolute Gasteiger partial charge is 0.234 e. The Morgan fingerprint density at radius 2 is 1.96 bits per heavy atom.